The van der Waals surface area contributed by atoms with E-state index in [1.807, 2.05) is 0 Å². The van der Waals surface area contributed by atoms with Gasteiger partial charge in [0.2, 0.25) is 0 Å². The third kappa shape index (κ3) is 2.98. The van der Waals surface area contributed by atoms with Crippen molar-refractivity contribution in [3.05, 3.63) is 0 Å². The van der Waals surface area contributed by atoms with Crippen molar-refractivity contribution >= 4 is 17.5 Å². The highest BCUT2D eigenvalue weighted by molar-refractivity contribution is 5.98. The van der Waals surface area contributed by atoms with Crippen molar-refractivity contribution in [3.63, 3.8) is 0 Å². The second kappa shape index (κ2) is 5.21. The largest absolute Gasteiger partial charge is 0.468 e. The van der Waals surface area contributed by atoms with E-state index in [1.165, 1.54) is 7.11 Å². The zero-order valence-corrected chi connectivity index (χ0v) is 11.8. The Hall–Kier alpha value is -1.19. The molecule has 4 nitrogen and oxygen atoms in total. The van der Waals surface area contributed by atoms with Gasteiger partial charge in [0.1, 0.15) is 17.5 Å². The molecule has 4 heteroatoms. The van der Waals surface area contributed by atoms with Crippen LogP contribution in [0.15, 0.2) is 0 Å². The normalized spacial score (nSPS) is 26.3. The van der Waals surface area contributed by atoms with Gasteiger partial charge in [0.25, 0.3) is 0 Å². The van der Waals surface area contributed by atoms with Gasteiger partial charge in [-0.25, -0.2) is 0 Å². The minimum atomic E-state index is -0.704. The van der Waals surface area contributed by atoms with Gasteiger partial charge in [-0.3, -0.25) is 9.59 Å². The smallest absolute Gasteiger partial charge is 0.315 e. The Labute approximate surface area is 108 Å². The highest BCUT2D eigenvalue weighted by Gasteiger charge is 2.58. The molecule has 0 spiro atoms. The third-order valence-electron chi connectivity index (χ3n) is 4.25. The van der Waals surface area contributed by atoms with Crippen LogP contribution in [0.4, 0.5) is 0 Å². The first-order valence-electron chi connectivity index (χ1n) is 6.31. The molecule has 0 aliphatic heterocycles. The number of Topliss-reactive ketones (excluding diaryl/α,β-unsaturated/α-hetero) is 2. The summed E-state index contributed by atoms with van der Waals surface area (Å²) in [6.45, 7) is 7.29. The molecule has 1 rings (SSSR count). The van der Waals surface area contributed by atoms with E-state index >= 15 is 0 Å². The van der Waals surface area contributed by atoms with Gasteiger partial charge >= 0.3 is 5.97 Å². The minimum Gasteiger partial charge on any atom is -0.468 e. The molecule has 1 aliphatic carbocycles. The van der Waals surface area contributed by atoms with E-state index in [9.17, 15) is 14.4 Å². The van der Waals surface area contributed by atoms with Crippen LogP contribution in [0.3, 0.4) is 0 Å². The highest BCUT2D eigenvalue weighted by Crippen LogP contribution is 2.61. The maximum Gasteiger partial charge on any atom is 0.315 e. The number of hydrogen-bond acceptors (Lipinski definition) is 4. The molecule has 0 bridgehead atoms. The molecule has 1 fully saturated rings. The van der Waals surface area contributed by atoms with E-state index in [2.05, 4.69) is 18.6 Å². The molecule has 0 radical (unpaired) electrons. The van der Waals surface area contributed by atoms with Crippen LogP contribution in [0.1, 0.15) is 40.5 Å². The number of carbonyl (C=O) groups is 3. The van der Waals surface area contributed by atoms with Crippen molar-refractivity contribution in [1.29, 1.82) is 0 Å². The molecule has 1 aliphatic rings. The lowest BCUT2D eigenvalue weighted by Gasteiger charge is -2.08. The molecule has 0 amide bonds. The Kier molecular flexibility index (Phi) is 4.30. The van der Waals surface area contributed by atoms with Crippen LogP contribution in [0, 0.1) is 23.2 Å². The summed E-state index contributed by atoms with van der Waals surface area (Å²) in [5.74, 6) is -0.647. The molecule has 0 aromatic rings. The first-order valence-corrected chi connectivity index (χ1v) is 6.31. The molecule has 18 heavy (non-hydrogen) atoms. The molecule has 102 valence electrons. The summed E-state index contributed by atoms with van der Waals surface area (Å²) in [5, 5.41) is 0. The van der Waals surface area contributed by atoms with Crippen LogP contribution < -0.4 is 0 Å². The van der Waals surface area contributed by atoms with Crippen molar-refractivity contribution in [2.24, 2.45) is 23.2 Å². The van der Waals surface area contributed by atoms with Crippen LogP contribution in [0.25, 0.3) is 0 Å². The van der Waals surface area contributed by atoms with Crippen molar-refractivity contribution in [1.82, 2.24) is 0 Å². The first kappa shape index (κ1) is 14.9. The minimum absolute atomic E-state index is 0.0250. The SMILES string of the molecule is COC(=O)C(C)C(=O)CC1C(CC(C)=O)C1(C)C. The van der Waals surface area contributed by atoms with E-state index < -0.39 is 11.9 Å². The zero-order chi connectivity index (χ0) is 14.1. The first-order chi connectivity index (χ1) is 8.21. The van der Waals surface area contributed by atoms with E-state index in [0.717, 1.165) is 0 Å². The van der Waals surface area contributed by atoms with Crippen LogP contribution in [-0.2, 0) is 19.1 Å². The summed E-state index contributed by atoms with van der Waals surface area (Å²) in [5.41, 5.74) is 0.0250. The van der Waals surface area contributed by atoms with Crippen molar-refractivity contribution in [3.8, 4) is 0 Å². The number of esters is 1. The predicted molar refractivity (Wildman–Crippen MR) is 66.9 cm³/mol. The fraction of sp³-hybridized carbons (Fsp3) is 0.786. The third-order valence-corrected chi connectivity index (χ3v) is 4.25. The Balaban J connectivity index is 2.56. The van der Waals surface area contributed by atoms with Crippen molar-refractivity contribution in [2.75, 3.05) is 7.11 Å². The van der Waals surface area contributed by atoms with E-state index in [4.69, 9.17) is 0 Å². The highest BCUT2D eigenvalue weighted by atomic mass is 16.5. The van der Waals surface area contributed by atoms with Crippen LogP contribution >= 0.6 is 0 Å². The predicted octanol–water partition coefficient (Wildman–Crippen LogP) is 2.01. The number of rotatable bonds is 6. The summed E-state index contributed by atoms with van der Waals surface area (Å²) in [6.07, 6.45) is 0.888. The second-order valence-electron chi connectivity index (χ2n) is 5.86. The van der Waals surface area contributed by atoms with Gasteiger partial charge in [0.05, 0.1) is 7.11 Å². The summed E-state index contributed by atoms with van der Waals surface area (Å²) < 4.78 is 4.56. The maximum absolute atomic E-state index is 11.9. The molecule has 0 N–H and O–H groups in total. The lowest BCUT2D eigenvalue weighted by Crippen LogP contribution is -2.23. The quantitative estimate of drug-likeness (QED) is 0.537. The number of hydrogen-bond donors (Lipinski definition) is 0. The standard InChI is InChI=1S/C14H22O4/c1-8(15)6-10-11(14(10,3)4)7-12(16)9(2)13(17)18-5/h9-11H,6-7H2,1-5H3. The Morgan fingerprint density at radius 1 is 1.17 bits per heavy atom. The van der Waals surface area contributed by atoms with Crippen molar-refractivity contribution in [2.45, 2.75) is 40.5 Å². The number of ketones is 2. The molecule has 0 aromatic heterocycles. The van der Waals surface area contributed by atoms with Gasteiger partial charge in [-0.15, -0.1) is 0 Å². The van der Waals surface area contributed by atoms with Crippen LogP contribution in [-0.4, -0.2) is 24.6 Å². The zero-order valence-electron chi connectivity index (χ0n) is 11.8. The molecule has 3 atom stereocenters. The average Bonchev–Trinajstić information content (AvgIpc) is 2.77. The van der Waals surface area contributed by atoms with Crippen LogP contribution in [0.5, 0.6) is 0 Å². The Morgan fingerprint density at radius 2 is 1.67 bits per heavy atom. The molecule has 0 saturated heterocycles. The van der Waals surface area contributed by atoms with Gasteiger partial charge in [0.15, 0.2) is 0 Å². The summed E-state index contributed by atoms with van der Waals surface area (Å²) >= 11 is 0. The Morgan fingerprint density at radius 3 is 2.11 bits per heavy atom. The number of ether oxygens (including phenoxy) is 1. The summed E-state index contributed by atoms with van der Waals surface area (Å²) in [7, 11) is 1.28. The number of methoxy groups -OCH3 is 1. The monoisotopic (exact) mass is 254 g/mol. The topological polar surface area (TPSA) is 60.4 Å². The lowest BCUT2D eigenvalue weighted by atomic mass is 9.98. The number of carbonyl (C=O) groups excluding carboxylic acids is 3. The van der Waals surface area contributed by atoms with Crippen LogP contribution in [0.2, 0.25) is 0 Å². The van der Waals surface area contributed by atoms with Gasteiger partial charge in [-0.2, -0.15) is 0 Å². The Bertz CT molecular complexity index is 370. The van der Waals surface area contributed by atoms with E-state index in [-0.39, 0.29) is 28.8 Å². The molecule has 0 aromatic carbocycles. The molecular formula is C14H22O4. The van der Waals surface area contributed by atoms with Gasteiger partial charge in [-0.05, 0) is 31.1 Å². The fourth-order valence-corrected chi connectivity index (χ4v) is 2.68. The maximum atomic E-state index is 11.9. The van der Waals surface area contributed by atoms with Gasteiger partial charge in [0, 0.05) is 12.8 Å². The van der Waals surface area contributed by atoms with Gasteiger partial charge in [-0.1, -0.05) is 13.8 Å². The summed E-state index contributed by atoms with van der Waals surface area (Å²) in [4.78, 5) is 34.3. The molecule has 1 saturated carbocycles. The molecular weight excluding hydrogens is 232 g/mol. The molecule has 3 unspecified atom stereocenters. The van der Waals surface area contributed by atoms with Crippen molar-refractivity contribution < 1.29 is 19.1 Å². The average molecular weight is 254 g/mol. The fourth-order valence-electron chi connectivity index (χ4n) is 2.68. The lowest BCUT2D eigenvalue weighted by molar-refractivity contribution is -0.148. The molecule has 0 heterocycles. The second-order valence-corrected chi connectivity index (χ2v) is 5.86. The summed E-state index contributed by atoms with van der Waals surface area (Å²) in [6, 6.07) is 0. The van der Waals surface area contributed by atoms with Gasteiger partial charge < -0.3 is 9.53 Å². The van der Waals surface area contributed by atoms with E-state index in [0.29, 0.717) is 12.8 Å². The van der Waals surface area contributed by atoms with E-state index in [1.54, 1.807) is 13.8 Å².